The lowest BCUT2D eigenvalue weighted by Crippen LogP contribution is -2.36. The van der Waals surface area contributed by atoms with E-state index < -0.39 is 0 Å². The van der Waals surface area contributed by atoms with Crippen molar-refractivity contribution in [2.45, 2.75) is 32.4 Å². The molecular weight excluding hydrogens is 328 g/mol. The topological polar surface area (TPSA) is 96.8 Å². The maximum Gasteiger partial charge on any atom is 0.271 e. The van der Waals surface area contributed by atoms with E-state index in [0.29, 0.717) is 22.6 Å². The van der Waals surface area contributed by atoms with Crippen LogP contribution in [0.5, 0.6) is 0 Å². The monoisotopic (exact) mass is 344 g/mol. The number of hydrogen-bond acceptors (Lipinski definition) is 6. The molecule has 0 radical (unpaired) electrons. The van der Waals surface area contributed by atoms with Crippen LogP contribution in [0.15, 0.2) is 22.6 Å². The standard InChI is InChI=1S/C15H16N6O2S/c1-9-17-14(19-18-9)11-3-2-5-21(11)12(22)7-20-8-16-10-4-6-24-13(10)15(20)23/h4,6,8,11H,2-3,5,7H2,1H3,(H,17,18,19)/t11-/m1/s1. The molecule has 1 aliphatic rings. The molecule has 1 atom stereocenters. The summed E-state index contributed by atoms with van der Waals surface area (Å²) >= 11 is 1.34. The number of amides is 1. The zero-order valence-corrected chi connectivity index (χ0v) is 13.9. The molecular formula is C15H16N6O2S. The average Bonchev–Trinajstić information content (AvgIpc) is 3.28. The summed E-state index contributed by atoms with van der Waals surface area (Å²) in [4.78, 5) is 35.5. The maximum atomic E-state index is 12.7. The molecule has 8 nitrogen and oxygen atoms in total. The molecule has 0 saturated carbocycles. The van der Waals surface area contributed by atoms with E-state index in [1.165, 1.54) is 22.2 Å². The van der Waals surface area contributed by atoms with Crippen molar-refractivity contribution in [1.29, 1.82) is 0 Å². The molecule has 0 aliphatic carbocycles. The van der Waals surface area contributed by atoms with Gasteiger partial charge in [-0.15, -0.1) is 11.3 Å². The van der Waals surface area contributed by atoms with E-state index in [0.717, 1.165) is 18.7 Å². The highest BCUT2D eigenvalue weighted by Crippen LogP contribution is 2.29. The van der Waals surface area contributed by atoms with E-state index in [1.54, 1.807) is 11.0 Å². The fourth-order valence-electron chi connectivity index (χ4n) is 3.07. The van der Waals surface area contributed by atoms with E-state index in [2.05, 4.69) is 20.2 Å². The molecule has 0 spiro atoms. The predicted molar refractivity (Wildman–Crippen MR) is 88.7 cm³/mol. The molecule has 0 bridgehead atoms. The van der Waals surface area contributed by atoms with Gasteiger partial charge in [0.25, 0.3) is 5.56 Å². The minimum Gasteiger partial charge on any atom is -0.331 e. The minimum atomic E-state index is -0.173. The molecule has 0 aromatic carbocycles. The van der Waals surface area contributed by atoms with Crippen LogP contribution in [0.3, 0.4) is 0 Å². The third kappa shape index (κ3) is 2.50. The summed E-state index contributed by atoms with van der Waals surface area (Å²) in [5.74, 6) is 1.25. The van der Waals surface area contributed by atoms with Crippen molar-refractivity contribution >= 4 is 27.5 Å². The van der Waals surface area contributed by atoms with Gasteiger partial charge in [0.1, 0.15) is 17.1 Å². The molecule has 1 fully saturated rings. The Labute approximate surface area is 141 Å². The number of nitrogens with one attached hydrogen (secondary N) is 1. The molecule has 1 N–H and O–H groups in total. The normalized spacial score (nSPS) is 17.7. The van der Waals surface area contributed by atoms with Gasteiger partial charge < -0.3 is 4.90 Å². The molecule has 3 aromatic rings. The lowest BCUT2D eigenvalue weighted by Gasteiger charge is -2.22. The van der Waals surface area contributed by atoms with Crippen molar-refractivity contribution in [3.05, 3.63) is 39.8 Å². The number of hydrogen-bond donors (Lipinski definition) is 1. The highest BCUT2D eigenvalue weighted by molar-refractivity contribution is 7.17. The first-order valence-corrected chi connectivity index (χ1v) is 8.62. The third-order valence-corrected chi connectivity index (χ3v) is 5.12. The van der Waals surface area contributed by atoms with E-state index in [4.69, 9.17) is 0 Å². The van der Waals surface area contributed by atoms with Gasteiger partial charge in [0.15, 0.2) is 5.82 Å². The van der Waals surface area contributed by atoms with Gasteiger partial charge in [-0.3, -0.25) is 19.3 Å². The number of H-pyrrole nitrogens is 1. The number of likely N-dealkylation sites (tertiary alicyclic amines) is 1. The van der Waals surface area contributed by atoms with E-state index >= 15 is 0 Å². The Bertz CT molecular complexity index is 958. The number of carbonyl (C=O) groups excluding carboxylic acids is 1. The fraction of sp³-hybridized carbons (Fsp3) is 0.400. The molecule has 1 saturated heterocycles. The quantitative estimate of drug-likeness (QED) is 0.771. The van der Waals surface area contributed by atoms with Crippen LogP contribution in [-0.2, 0) is 11.3 Å². The van der Waals surface area contributed by atoms with Crippen LogP contribution in [-0.4, -0.2) is 42.1 Å². The number of fused-ring (bicyclic) bond motifs is 1. The largest absolute Gasteiger partial charge is 0.331 e. The summed E-state index contributed by atoms with van der Waals surface area (Å²) in [7, 11) is 0. The summed E-state index contributed by atoms with van der Waals surface area (Å²) in [6.07, 6.45) is 3.18. The van der Waals surface area contributed by atoms with Gasteiger partial charge in [0.05, 0.1) is 17.9 Å². The molecule has 124 valence electrons. The van der Waals surface area contributed by atoms with Crippen molar-refractivity contribution < 1.29 is 4.79 Å². The molecule has 3 aromatic heterocycles. The van der Waals surface area contributed by atoms with Gasteiger partial charge in [-0.05, 0) is 31.2 Å². The van der Waals surface area contributed by atoms with Gasteiger partial charge in [-0.2, -0.15) is 5.10 Å². The SMILES string of the molecule is Cc1nc([C@H]2CCCN2C(=O)Cn2cnc3ccsc3c2=O)n[nH]1. The van der Waals surface area contributed by atoms with Crippen molar-refractivity contribution in [1.82, 2.24) is 29.6 Å². The molecule has 1 amide bonds. The lowest BCUT2D eigenvalue weighted by atomic mass is 10.2. The van der Waals surface area contributed by atoms with Crippen molar-refractivity contribution in [3.63, 3.8) is 0 Å². The van der Waals surface area contributed by atoms with Crippen molar-refractivity contribution in [2.75, 3.05) is 6.54 Å². The van der Waals surface area contributed by atoms with E-state index in [-0.39, 0.29) is 24.1 Å². The van der Waals surface area contributed by atoms with Crippen LogP contribution in [0.25, 0.3) is 10.2 Å². The van der Waals surface area contributed by atoms with E-state index in [1.807, 2.05) is 12.3 Å². The van der Waals surface area contributed by atoms with Gasteiger partial charge in [0, 0.05) is 6.54 Å². The first-order valence-electron chi connectivity index (χ1n) is 7.74. The zero-order valence-electron chi connectivity index (χ0n) is 13.1. The highest BCUT2D eigenvalue weighted by atomic mass is 32.1. The number of aromatic amines is 1. The summed E-state index contributed by atoms with van der Waals surface area (Å²) in [5.41, 5.74) is 0.497. The van der Waals surface area contributed by atoms with Gasteiger partial charge >= 0.3 is 0 Å². The summed E-state index contributed by atoms with van der Waals surface area (Å²) < 4.78 is 1.95. The summed E-state index contributed by atoms with van der Waals surface area (Å²) in [6, 6.07) is 1.67. The van der Waals surface area contributed by atoms with E-state index in [9.17, 15) is 9.59 Å². The van der Waals surface area contributed by atoms with Crippen LogP contribution in [0.1, 0.15) is 30.5 Å². The number of aryl methyl sites for hydroxylation is 1. The molecule has 0 unspecified atom stereocenters. The Balaban J connectivity index is 1.58. The Kier molecular flexibility index (Phi) is 3.64. The highest BCUT2D eigenvalue weighted by Gasteiger charge is 2.32. The van der Waals surface area contributed by atoms with Crippen molar-refractivity contribution in [2.24, 2.45) is 0 Å². The second-order valence-electron chi connectivity index (χ2n) is 5.84. The number of aromatic nitrogens is 5. The Morgan fingerprint density at radius 3 is 3.17 bits per heavy atom. The second kappa shape index (κ2) is 5.82. The van der Waals surface area contributed by atoms with Crippen LogP contribution >= 0.6 is 11.3 Å². The van der Waals surface area contributed by atoms with Crippen LogP contribution in [0.4, 0.5) is 0 Å². The minimum absolute atomic E-state index is 0.0143. The lowest BCUT2D eigenvalue weighted by molar-refractivity contribution is -0.133. The summed E-state index contributed by atoms with van der Waals surface area (Å²) in [5, 5.41) is 8.82. The summed E-state index contributed by atoms with van der Waals surface area (Å²) in [6.45, 7) is 2.47. The number of nitrogens with zero attached hydrogens (tertiary/aromatic N) is 5. The van der Waals surface area contributed by atoms with Gasteiger partial charge in [-0.25, -0.2) is 9.97 Å². The Hall–Kier alpha value is -2.55. The van der Waals surface area contributed by atoms with Crippen LogP contribution < -0.4 is 5.56 Å². The predicted octanol–water partition coefficient (Wildman–Crippen LogP) is 1.25. The van der Waals surface area contributed by atoms with Crippen LogP contribution in [0, 0.1) is 6.92 Å². The fourth-order valence-corrected chi connectivity index (χ4v) is 3.86. The third-order valence-electron chi connectivity index (χ3n) is 4.23. The van der Waals surface area contributed by atoms with Gasteiger partial charge in [-0.1, -0.05) is 0 Å². The molecule has 24 heavy (non-hydrogen) atoms. The number of rotatable bonds is 3. The average molecular weight is 344 g/mol. The Morgan fingerprint density at radius 2 is 2.38 bits per heavy atom. The molecule has 4 rings (SSSR count). The maximum absolute atomic E-state index is 12.7. The number of thiophene rings is 1. The first kappa shape index (κ1) is 15.0. The first-order chi connectivity index (χ1) is 11.6. The smallest absolute Gasteiger partial charge is 0.271 e. The Morgan fingerprint density at radius 1 is 1.50 bits per heavy atom. The van der Waals surface area contributed by atoms with Crippen LogP contribution in [0.2, 0.25) is 0 Å². The zero-order chi connectivity index (χ0) is 16.7. The second-order valence-corrected chi connectivity index (χ2v) is 6.75. The molecule has 4 heterocycles. The van der Waals surface area contributed by atoms with Gasteiger partial charge in [0.2, 0.25) is 5.91 Å². The van der Waals surface area contributed by atoms with Crippen molar-refractivity contribution in [3.8, 4) is 0 Å². The molecule has 1 aliphatic heterocycles. The molecule has 9 heteroatoms. The number of carbonyl (C=O) groups is 1.